The van der Waals surface area contributed by atoms with E-state index in [4.69, 9.17) is 9.47 Å². The van der Waals surface area contributed by atoms with Crippen molar-refractivity contribution in [2.45, 2.75) is 13.3 Å². The molecule has 0 atom stereocenters. The van der Waals surface area contributed by atoms with Gasteiger partial charge in [-0.2, -0.15) is 4.68 Å². The third-order valence-corrected chi connectivity index (χ3v) is 3.17. The van der Waals surface area contributed by atoms with Crippen molar-refractivity contribution in [2.24, 2.45) is 5.10 Å². The number of hydrogen-bond acceptors (Lipinski definition) is 6. The van der Waals surface area contributed by atoms with E-state index in [0.29, 0.717) is 37.1 Å². The Labute approximate surface area is 139 Å². The number of amides is 1. The normalized spacial score (nSPS) is 11.1. The summed E-state index contributed by atoms with van der Waals surface area (Å²) in [5, 5.41) is 7.00. The Morgan fingerprint density at radius 3 is 2.96 bits per heavy atom. The number of fused-ring (bicyclic) bond motifs is 1. The third-order valence-electron chi connectivity index (χ3n) is 3.17. The first-order valence-corrected chi connectivity index (χ1v) is 7.62. The summed E-state index contributed by atoms with van der Waals surface area (Å²) in [5.41, 5.74) is 0.00555. The van der Waals surface area contributed by atoms with Crippen molar-refractivity contribution in [3.8, 4) is 0 Å². The van der Waals surface area contributed by atoms with E-state index < -0.39 is 11.5 Å². The molecule has 1 N–H and O–H groups in total. The average molecular weight is 332 g/mol. The fourth-order valence-corrected chi connectivity index (χ4v) is 2.03. The zero-order valence-corrected chi connectivity index (χ0v) is 13.7. The maximum Gasteiger partial charge on any atom is 0.289 e. The van der Waals surface area contributed by atoms with Crippen LogP contribution in [0.15, 0.2) is 34.2 Å². The lowest BCUT2D eigenvalue weighted by atomic mass is 10.2. The lowest BCUT2D eigenvalue weighted by Crippen LogP contribution is -2.33. The quantitative estimate of drug-likeness (QED) is 0.442. The minimum Gasteiger partial charge on any atom is -0.482 e. The fourth-order valence-electron chi connectivity index (χ4n) is 2.03. The molecule has 1 aromatic heterocycles. The van der Waals surface area contributed by atoms with Gasteiger partial charge in [0.1, 0.15) is 0 Å². The molecule has 0 aliphatic heterocycles. The number of ether oxygens (including phenoxy) is 2. The van der Waals surface area contributed by atoms with Crippen LogP contribution in [0.1, 0.15) is 24.0 Å². The summed E-state index contributed by atoms with van der Waals surface area (Å²) < 4.78 is 10.9. The van der Waals surface area contributed by atoms with E-state index in [1.54, 1.807) is 38.3 Å². The SMILES string of the molecule is CCO/C=N/n1c(C(=O)NCCCOC)nc2ccccc2c1=O. The highest BCUT2D eigenvalue weighted by Gasteiger charge is 2.16. The van der Waals surface area contributed by atoms with Crippen LogP contribution in [0.4, 0.5) is 0 Å². The highest BCUT2D eigenvalue weighted by Crippen LogP contribution is 2.08. The number of nitrogens with one attached hydrogen (secondary N) is 1. The van der Waals surface area contributed by atoms with Crippen molar-refractivity contribution in [1.82, 2.24) is 15.0 Å². The van der Waals surface area contributed by atoms with Crippen molar-refractivity contribution in [1.29, 1.82) is 0 Å². The van der Waals surface area contributed by atoms with Crippen LogP contribution in [0, 0.1) is 0 Å². The highest BCUT2D eigenvalue weighted by molar-refractivity contribution is 5.93. The van der Waals surface area contributed by atoms with Gasteiger partial charge in [0, 0.05) is 20.3 Å². The summed E-state index contributed by atoms with van der Waals surface area (Å²) in [5.74, 6) is -0.574. The molecule has 24 heavy (non-hydrogen) atoms. The Morgan fingerprint density at radius 2 is 2.21 bits per heavy atom. The van der Waals surface area contributed by atoms with E-state index in [2.05, 4.69) is 15.4 Å². The molecule has 0 aliphatic rings. The minimum atomic E-state index is -0.484. The molecule has 128 valence electrons. The Kier molecular flexibility index (Phi) is 6.44. The number of methoxy groups -OCH3 is 1. The minimum absolute atomic E-state index is 0.0907. The van der Waals surface area contributed by atoms with Gasteiger partial charge in [0.15, 0.2) is 6.40 Å². The molecule has 8 heteroatoms. The number of nitrogens with zero attached hydrogens (tertiary/aromatic N) is 3. The van der Waals surface area contributed by atoms with Gasteiger partial charge in [-0.05, 0) is 25.5 Å². The molecule has 1 amide bonds. The van der Waals surface area contributed by atoms with Gasteiger partial charge in [-0.1, -0.05) is 12.1 Å². The van der Waals surface area contributed by atoms with Crippen LogP contribution < -0.4 is 10.9 Å². The number of carbonyl (C=O) groups excluding carboxylic acids is 1. The van der Waals surface area contributed by atoms with Crippen LogP contribution in [-0.4, -0.2) is 48.8 Å². The highest BCUT2D eigenvalue weighted by atomic mass is 16.5. The number of hydrogen-bond donors (Lipinski definition) is 1. The number of carbonyl (C=O) groups is 1. The summed E-state index contributed by atoms with van der Waals surface area (Å²) in [6, 6.07) is 6.79. The largest absolute Gasteiger partial charge is 0.482 e. The Bertz CT molecular complexity index is 785. The van der Waals surface area contributed by atoms with Gasteiger partial charge in [0.2, 0.25) is 5.82 Å². The first-order valence-electron chi connectivity index (χ1n) is 7.62. The Morgan fingerprint density at radius 1 is 1.42 bits per heavy atom. The molecule has 0 spiro atoms. The van der Waals surface area contributed by atoms with Crippen molar-refractivity contribution in [2.75, 3.05) is 26.9 Å². The number of rotatable bonds is 8. The topological polar surface area (TPSA) is 94.8 Å². The molecule has 0 bridgehead atoms. The second-order valence-electron chi connectivity index (χ2n) is 4.85. The lowest BCUT2D eigenvalue weighted by Gasteiger charge is -2.09. The van der Waals surface area contributed by atoms with E-state index in [9.17, 15) is 9.59 Å². The second kappa shape index (κ2) is 8.78. The van der Waals surface area contributed by atoms with Crippen molar-refractivity contribution in [3.63, 3.8) is 0 Å². The zero-order chi connectivity index (χ0) is 17.4. The van der Waals surface area contributed by atoms with Gasteiger partial charge in [-0.25, -0.2) is 4.98 Å². The molecule has 0 saturated heterocycles. The molecule has 1 heterocycles. The maximum absolute atomic E-state index is 12.6. The molecule has 0 aliphatic carbocycles. The second-order valence-corrected chi connectivity index (χ2v) is 4.85. The van der Waals surface area contributed by atoms with Gasteiger partial charge >= 0.3 is 0 Å². The summed E-state index contributed by atoms with van der Waals surface area (Å²) in [6.07, 6.45) is 1.78. The van der Waals surface area contributed by atoms with Crippen LogP contribution in [0.3, 0.4) is 0 Å². The van der Waals surface area contributed by atoms with Gasteiger partial charge < -0.3 is 14.8 Å². The summed E-state index contributed by atoms with van der Waals surface area (Å²) in [7, 11) is 1.59. The maximum atomic E-state index is 12.6. The predicted molar refractivity (Wildman–Crippen MR) is 90.3 cm³/mol. The predicted octanol–water partition coefficient (Wildman–Crippen LogP) is 0.991. The van der Waals surface area contributed by atoms with E-state index in [-0.39, 0.29) is 5.82 Å². The molecule has 1 aromatic carbocycles. The molecule has 0 unspecified atom stereocenters. The van der Waals surface area contributed by atoms with Crippen LogP contribution in [0.5, 0.6) is 0 Å². The number of aromatic nitrogens is 2. The summed E-state index contributed by atoms with van der Waals surface area (Å²) >= 11 is 0. The van der Waals surface area contributed by atoms with E-state index >= 15 is 0 Å². The first-order chi connectivity index (χ1) is 11.7. The average Bonchev–Trinajstić information content (AvgIpc) is 2.60. The van der Waals surface area contributed by atoms with E-state index in [0.717, 1.165) is 11.1 Å². The molecule has 0 radical (unpaired) electrons. The van der Waals surface area contributed by atoms with Gasteiger partial charge in [0.05, 0.1) is 17.5 Å². The van der Waals surface area contributed by atoms with Crippen LogP contribution in [-0.2, 0) is 9.47 Å². The Balaban J connectivity index is 2.39. The van der Waals surface area contributed by atoms with E-state index in [1.165, 1.54) is 0 Å². The zero-order valence-electron chi connectivity index (χ0n) is 13.7. The number of para-hydroxylation sites is 1. The molecule has 2 aromatic rings. The van der Waals surface area contributed by atoms with Gasteiger partial charge in [-0.3, -0.25) is 9.59 Å². The van der Waals surface area contributed by atoms with Crippen molar-refractivity contribution >= 4 is 23.2 Å². The van der Waals surface area contributed by atoms with Crippen LogP contribution in [0.25, 0.3) is 10.9 Å². The standard InChI is InChI=1S/C16H20N4O4/c1-3-24-11-18-20-14(15(21)17-9-6-10-23-2)19-13-8-5-4-7-12(13)16(20)22/h4-5,7-8,11H,3,6,9-10H2,1-2H3,(H,17,21)/b18-11+. The van der Waals surface area contributed by atoms with Crippen LogP contribution in [0.2, 0.25) is 0 Å². The fraction of sp³-hybridized carbons (Fsp3) is 0.375. The molecule has 2 rings (SSSR count). The van der Waals surface area contributed by atoms with Crippen LogP contribution >= 0.6 is 0 Å². The van der Waals surface area contributed by atoms with Crippen molar-refractivity contribution < 1.29 is 14.3 Å². The molecule has 8 nitrogen and oxygen atoms in total. The summed E-state index contributed by atoms with van der Waals surface area (Å²) in [4.78, 5) is 29.2. The number of benzene rings is 1. The van der Waals surface area contributed by atoms with Gasteiger partial charge in [0.25, 0.3) is 11.5 Å². The Hall–Kier alpha value is -2.74. The monoisotopic (exact) mass is 332 g/mol. The first kappa shape index (κ1) is 17.6. The van der Waals surface area contributed by atoms with E-state index in [1.807, 2.05) is 0 Å². The summed E-state index contributed by atoms with van der Waals surface area (Å²) in [6.45, 7) is 3.12. The van der Waals surface area contributed by atoms with Crippen molar-refractivity contribution in [3.05, 3.63) is 40.4 Å². The molecular weight excluding hydrogens is 312 g/mol. The molecule has 0 fully saturated rings. The molecule has 0 saturated carbocycles. The van der Waals surface area contributed by atoms with Gasteiger partial charge in [-0.15, -0.1) is 5.10 Å². The third kappa shape index (κ3) is 4.17. The molecular formula is C16H20N4O4. The lowest BCUT2D eigenvalue weighted by molar-refractivity contribution is 0.0933. The smallest absolute Gasteiger partial charge is 0.289 e.